The molecule has 0 bridgehead atoms. The van der Waals surface area contributed by atoms with Crippen molar-refractivity contribution in [1.29, 1.82) is 5.26 Å². The lowest BCUT2D eigenvalue weighted by Crippen LogP contribution is -2.31. The standard InChI is InChI=1S/C28H30N2O4/c1-32-27-14-23(15-28(33-2)26(27)17-30-13-7-11-22(30)18-31)34-19-21-10-6-12-24(25(21)16-29)20-8-4-3-5-9-20/h3-6,8-10,12,14-15,22,31H,7,11,13,17-19H2,1-2H3/t22-/m0/s1. The highest BCUT2D eigenvalue weighted by atomic mass is 16.5. The van der Waals surface area contributed by atoms with Crippen LogP contribution in [0.4, 0.5) is 0 Å². The summed E-state index contributed by atoms with van der Waals surface area (Å²) in [5.74, 6) is 1.96. The number of likely N-dealkylation sites (tertiary alicyclic amines) is 1. The second kappa shape index (κ2) is 11.1. The van der Waals surface area contributed by atoms with Gasteiger partial charge in [-0.15, -0.1) is 0 Å². The Morgan fingerprint density at radius 3 is 2.41 bits per heavy atom. The summed E-state index contributed by atoms with van der Waals surface area (Å²) >= 11 is 0. The van der Waals surface area contributed by atoms with Gasteiger partial charge in [0.1, 0.15) is 29.9 Å². The maximum Gasteiger partial charge on any atom is 0.130 e. The van der Waals surface area contributed by atoms with Crippen molar-refractivity contribution in [3.05, 3.63) is 77.4 Å². The van der Waals surface area contributed by atoms with Crippen LogP contribution in [-0.2, 0) is 13.2 Å². The molecule has 6 heteroatoms. The van der Waals surface area contributed by atoms with Crippen molar-refractivity contribution < 1.29 is 19.3 Å². The molecule has 1 N–H and O–H groups in total. The van der Waals surface area contributed by atoms with Gasteiger partial charge in [-0.3, -0.25) is 4.90 Å². The number of ether oxygens (including phenoxy) is 3. The molecular formula is C28H30N2O4. The Labute approximate surface area is 200 Å². The third-order valence-corrected chi connectivity index (χ3v) is 6.39. The van der Waals surface area contributed by atoms with Gasteiger partial charge in [-0.1, -0.05) is 48.5 Å². The molecule has 0 radical (unpaired) electrons. The van der Waals surface area contributed by atoms with Crippen LogP contribution >= 0.6 is 0 Å². The molecule has 3 aromatic rings. The van der Waals surface area contributed by atoms with Gasteiger partial charge < -0.3 is 19.3 Å². The molecule has 1 aliphatic heterocycles. The summed E-state index contributed by atoms with van der Waals surface area (Å²) < 4.78 is 17.5. The van der Waals surface area contributed by atoms with Gasteiger partial charge >= 0.3 is 0 Å². The van der Waals surface area contributed by atoms with Gasteiger partial charge in [-0.05, 0) is 30.5 Å². The predicted molar refractivity (Wildman–Crippen MR) is 131 cm³/mol. The molecule has 0 saturated carbocycles. The fourth-order valence-corrected chi connectivity index (χ4v) is 4.58. The summed E-state index contributed by atoms with van der Waals surface area (Å²) in [5.41, 5.74) is 4.24. The van der Waals surface area contributed by atoms with E-state index in [9.17, 15) is 10.4 Å². The van der Waals surface area contributed by atoms with E-state index in [1.54, 1.807) is 14.2 Å². The number of aliphatic hydroxyl groups is 1. The van der Waals surface area contributed by atoms with Crippen LogP contribution in [0.2, 0.25) is 0 Å². The number of nitriles is 1. The SMILES string of the molecule is COc1cc(OCc2cccc(-c3ccccc3)c2C#N)cc(OC)c1CN1CCC[C@H]1CO. The van der Waals surface area contributed by atoms with Crippen molar-refractivity contribution in [2.45, 2.75) is 32.0 Å². The van der Waals surface area contributed by atoms with Gasteiger partial charge in [0, 0.05) is 30.3 Å². The first-order valence-electron chi connectivity index (χ1n) is 11.5. The molecule has 0 aromatic heterocycles. The molecule has 176 valence electrons. The molecule has 0 spiro atoms. The van der Waals surface area contributed by atoms with E-state index in [1.807, 2.05) is 60.7 Å². The zero-order valence-electron chi connectivity index (χ0n) is 19.7. The monoisotopic (exact) mass is 458 g/mol. The van der Waals surface area contributed by atoms with Crippen molar-refractivity contribution >= 4 is 0 Å². The molecule has 1 heterocycles. The number of rotatable bonds is 9. The normalized spacial score (nSPS) is 15.6. The molecule has 1 fully saturated rings. The first kappa shape index (κ1) is 23.6. The quantitative estimate of drug-likeness (QED) is 0.498. The molecule has 0 aliphatic carbocycles. The highest BCUT2D eigenvalue weighted by Gasteiger charge is 2.26. The van der Waals surface area contributed by atoms with Crippen LogP contribution in [0.3, 0.4) is 0 Å². The molecule has 1 saturated heterocycles. The van der Waals surface area contributed by atoms with E-state index >= 15 is 0 Å². The summed E-state index contributed by atoms with van der Waals surface area (Å²) in [5, 5.41) is 19.5. The first-order valence-corrected chi connectivity index (χ1v) is 11.5. The Kier molecular flexibility index (Phi) is 7.69. The lowest BCUT2D eigenvalue weighted by atomic mass is 9.96. The molecule has 0 unspecified atom stereocenters. The van der Waals surface area contributed by atoms with Crippen molar-refractivity contribution in [2.24, 2.45) is 0 Å². The minimum atomic E-state index is 0.148. The summed E-state index contributed by atoms with van der Waals surface area (Å²) in [7, 11) is 3.26. The number of benzene rings is 3. The zero-order valence-corrected chi connectivity index (χ0v) is 19.7. The Morgan fingerprint density at radius 2 is 1.76 bits per heavy atom. The average molecular weight is 459 g/mol. The Bertz CT molecular complexity index is 1130. The predicted octanol–water partition coefficient (Wildman–Crippen LogP) is 4.78. The highest BCUT2D eigenvalue weighted by Crippen LogP contribution is 2.37. The van der Waals surface area contributed by atoms with Gasteiger partial charge in [0.05, 0.1) is 32.0 Å². The lowest BCUT2D eigenvalue weighted by Gasteiger charge is -2.25. The Balaban J connectivity index is 1.58. The zero-order chi connectivity index (χ0) is 23.9. The first-order chi connectivity index (χ1) is 16.7. The van der Waals surface area contributed by atoms with E-state index in [1.165, 1.54) is 0 Å². The third kappa shape index (κ3) is 5.01. The molecule has 3 aromatic carbocycles. The van der Waals surface area contributed by atoms with Gasteiger partial charge in [-0.25, -0.2) is 0 Å². The molecule has 6 nitrogen and oxygen atoms in total. The van der Waals surface area contributed by atoms with Crippen LogP contribution in [0, 0.1) is 11.3 Å². The van der Waals surface area contributed by atoms with E-state index in [4.69, 9.17) is 14.2 Å². The Morgan fingerprint density at radius 1 is 1.03 bits per heavy atom. The minimum absolute atomic E-state index is 0.148. The van der Waals surface area contributed by atoms with Crippen LogP contribution in [-0.4, -0.2) is 43.4 Å². The molecule has 4 rings (SSSR count). The fraction of sp³-hybridized carbons (Fsp3) is 0.321. The van der Waals surface area contributed by atoms with Crippen LogP contribution in [0.5, 0.6) is 17.2 Å². The fourth-order valence-electron chi connectivity index (χ4n) is 4.58. The number of hydrogen-bond acceptors (Lipinski definition) is 6. The molecular weight excluding hydrogens is 428 g/mol. The molecule has 0 amide bonds. The third-order valence-electron chi connectivity index (χ3n) is 6.39. The van der Waals surface area contributed by atoms with E-state index in [0.29, 0.717) is 29.4 Å². The average Bonchev–Trinajstić information content (AvgIpc) is 3.35. The van der Waals surface area contributed by atoms with Gasteiger partial charge in [0.25, 0.3) is 0 Å². The van der Waals surface area contributed by atoms with Gasteiger partial charge in [0.2, 0.25) is 0 Å². The highest BCUT2D eigenvalue weighted by molar-refractivity contribution is 5.72. The van der Waals surface area contributed by atoms with E-state index in [-0.39, 0.29) is 19.3 Å². The van der Waals surface area contributed by atoms with Gasteiger partial charge in [-0.2, -0.15) is 5.26 Å². The van der Waals surface area contributed by atoms with Crippen molar-refractivity contribution in [3.8, 4) is 34.4 Å². The van der Waals surface area contributed by atoms with Crippen LogP contribution < -0.4 is 14.2 Å². The van der Waals surface area contributed by atoms with Gasteiger partial charge in [0.15, 0.2) is 0 Å². The maximum absolute atomic E-state index is 9.87. The maximum atomic E-state index is 9.87. The van der Waals surface area contributed by atoms with E-state index in [2.05, 4.69) is 11.0 Å². The minimum Gasteiger partial charge on any atom is -0.496 e. The number of methoxy groups -OCH3 is 2. The molecule has 1 atom stereocenters. The second-order valence-electron chi connectivity index (χ2n) is 8.36. The van der Waals surface area contributed by atoms with Crippen molar-refractivity contribution in [3.63, 3.8) is 0 Å². The summed E-state index contributed by atoms with van der Waals surface area (Å²) in [6, 6.07) is 21.9. The largest absolute Gasteiger partial charge is 0.496 e. The lowest BCUT2D eigenvalue weighted by molar-refractivity contribution is 0.151. The summed E-state index contributed by atoms with van der Waals surface area (Å²) in [6.07, 6.45) is 2.06. The topological polar surface area (TPSA) is 75.0 Å². The smallest absolute Gasteiger partial charge is 0.130 e. The Hall–Kier alpha value is -3.53. The van der Waals surface area contributed by atoms with E-state index < -0.39 is 0 Å². The summed E-state index contributed by atoms with van der Waals surface area (Å²) in [4.78, 5) is 2.26. The molecule has 1 aliphatic rings. The van der Waals surface area contributed by atoms with Crippen LogP contribution in [0.25, 0.3) is 11.1 Å². The van der Waals surface area contributed by atoms with E-state index in [0.717, 1.165) is 41.6 Å². The number of hydrogen-bond donors (Lipinski definition) is 1. The van der Waals surface area contributed by atoms with Crippen molar-refractivity contribution in [1.82, 2.24) is 4.90 Å². The summed E-state index contributed by atoms with van der Waals surface area (Å²) in [6.45, 7) is 1.96. The number of aliphatic hydroxyl groups excluding tert-OH is 1. The van der Waals surface area contributed by atoms with Crippen LogP contribution in [0.1, 0.15) is 29.5 Å². The molecule has 34 heavy (non-hydrogen) atoms. The number of nitrogens with zero attached hydrogens (tertiary/aromatic N) is 2. The second-order valence-corrected chi connectivity index (χ2v) is 8.36. The van der Waals surface area contributed by atoms with Crippen LogP contribution in [0.15, 0.2) is 60.7 Å². The van der Waals surface area contributed by atoms with Crippen molar-refractivity contribution in [2.75, 3.05) is 27.4 Å².